The van der Waals surface area contributed by atoms with Crippen LogP contribution in [0.15, 0.2) is 6.07 Å². The first kappa shape index (κ1) is 14.5. The lowest BCUT2D eigenvalue weighted by Gasteiger charge is -2.36. The summed E-state index contributed by atoms with van der Waals surface area (Å²) in [4.78, 5) is 0. The quantitative estimate of drug-likeness (QED) is 0.918. The van der Waals surface area contributed by atoms with Gasteiger partial charge in [-0.25, -0.2) is 0 Å². The fraction of sp³-hybridized carbons (Fsp3) is 0.600. The van der Waals surface area contributed by atoms with Crippen LogP contribution in [0, 0.1) is 6.92 Å². The lowest BCUT2D eigenvalue weighted by Crippen LogP contribution is -2.39. The molecular weight excluding hydrogens is 262 g/mol. The molecule has 1 aromatic rings. The molecule has 2 N–H and O–H groups in total. The topological polar surface area (TPSA) is 44.5 Å². The Morgan fingerprint density at radius 3 is 2.32 bits per heavy atom. The predicted molar refractivity (Wildman–Crippen MR) is 78.2 cm³/mol. The van der Waals surface area contributed by atoms with Gasteiger partial charge < -0.3 is 15.2 Å². The normalized spacial score (nSPS) is 18.2. The van der Waals surface area contributed by atoms with Crippen molar-refractivity contribution in [2.45, 2.75) is 44.6 Å². The van der Waals surface area contributed by atoms with Crippen molar-refractivity contribution in [3.63, 3.8) is 0 Å². The van der Waals surface area contributed by atoms with Crippen molar-refractivity contribution >= 4 is 11.6 Å². The van der Waals surface area contributed by atoms with E-state index in [1.54, 1.807) is 14.2 Å². The van der Waals surface area contributed by atoms with Crippen molar-refractivity contribution in [2.24, 2.45) is 5.73 Å². The molecule has 0 radical (unpaired) electrons. The van der Waals surface area contributed by atoms with Crippen LogP contribution >= 0.6 is 11.6 Å². The summed E-state index contributed by atoms with van der Waals surface area (Å²) in [5, 5.41) is 0.601. The second kappa shape index (κ2) is 5.59. The molecule has 0 aliphatic heterocycles. The molecule has 2 rings (SSSR count). The van der Waals surface area contributed by atoms with Gasteiger partial charge in [0, 0.05) is 5.54 Å². The summed E-state index contributed by atoms with van der Waals surface area (Å²) in [6, 6.07) is 1.96. The van der Waals surface area contributed by atoms with Gasteiger partial charge in [0.1, 0.15) is 0 Å². The molecule has 0 bridgehead atoms. The Bertz CT molecular complexity index is 468. The van der Waals surface area contributed by atoms with E-state index in [2.05, 4.69) is 0 Å². The molecule has 0 saturated heterocycles. The maximum Gasteiger partial charge on any atom is 0.179 e. The Morgan fingerprint density at radius 2 is 1.79 bits per heavy atom. The van der Waals surface area contributed by atoms with E-state index in [1.165, 1.54) is 6.42 Å². The Hall–Kier alpha value is -0.930. The first-order valence-electron chi connectivity index (χ1n) is 6.74. The monoisotopic (exact) mass is 283 g/mol. The number of ether oxygens (including phenoxy) is 2. The van der Waals surface area contributed by atoms with E-state index < -0.39 is 0 Å². The summed E-state index contributed by atoms with van der Waals surface area (Å²) < 4.78 is 10.7. The third-order valence-electron chi connectivity index (χ3n) is 4.05. The second-order valence-electron chi connectivity index (χ2n) is 5.33. The lowest BCUT2D eigenvalue weighted by molar-refractivity contribution is 0.298. The summed E-state index contributed by atoms with van der Waals surface area (Å²) in [5.74, 6) is 1.24. The summed E-state index contributed by atoms with van der Waals surface area (Å²) in [5.41, 5.74) is 8.38. The maximum atomic E-state index is 6.62. The minimum absolute atomic E-state index is 0.334. The third kappa shape index (κ3) is 2.54. The highest BCUT2D eigenvalue weighted by molar-refractivity contribution is 6.33. The minimum atomic E-state index is -0.334. The van der Waals surface area contributed by atoms with E-state index >= 15 is 0 Å². The fourth-order valence-corrected chi connectivity index (χ4v) is 3.62. The molecule has 19 heavy (non-hydrogen) atoms. The highest BCUT2D eigenvalue weighted by atomic mass is 35.5. The molecule has 0 aromatic heterocycles. The number of nitrogens with two attached hydrogens (primary N) is 1. The van der Waals surface area contributed by atoms with E-state index in [9.17, 15) is 0 Å². The second-order valence-corrected chi connectivity index (χ2v) is 5.71. The van der Waals surface area contributed by atoms with Gasteiger partial charge in [0.05, 0.1) is 19.2 Å². The van der Waals surface area contributed by atoms with Crippen LogP contribution in [0.4, 0.5) is 0 Å². The predicted octanol–water partition coefficient (Wildman–Crippen LogP) is 3.78. The molecule has 106 valence electrons. The summed E-state index contributed by atoms with van der Waals surface area (Å²) in [6.07, 6.45) is 5.51. The smallest absolute Gasteiger partial charge is 0.179 e. The maximum absolute atomic E-state index is 6.62. The van der Waals surface area contributed by atoms with Crippen molar-refractivity contribution in [3.05, 3.63) is 22.2 Å². The minimum Gasteiger partial charge on any atom is -0.493 e. The molecule has 0 spiro atoms. The number of hydrogen-bond donors (Lipinski definition) is 1. The number of rotatable bonds is 3. The van der Waals surface area contributed by atoms with Gasteiger partial charge in [-0.2, -0.15) is 0 Å². The Labute approximate surface area is 120 Å². The van der Waals surface area contributed by atoms with Crippen molar-refractivity contribution in [3.8, 4) is 11.5 Å². The Morgan fingerprint density at radius 1 is 1.16 bits per heavy atom. The third-order valence-corrected chi connectivity index (χ3v) is 4.41. The fourth-order valence-electron chi connectivity index (χ4n) is 3.11. The molecule has 1 aliphatic carbocycles. The van der Waals surface area contributed by atoms with Gasteiger partial charge in [0.2, 0.25) is 0 Å². The molecule has 1 saturated carbocycles. The lowest BCUT2D eigenvalue weighted by atomic mass is 9.76. The number of methoxy groups -OCH3 is 2. The number of benzene rings is 1. The van der Waals surface area contributed by atoms with Crippen LogP contribution in [0.2, 0.25) is 5.02 Å². The molecule has 3 nitrogen and oxygen atoms in total. The highest BCUT2D eigenvalue weighted by Gasteiger charge is 2.34. The van der Waals surface area contributed by atoms with Gasteiger partial charge in [-0.05, 0) is 37.0 Å². The number of halogens is 1. The molecular formula is C15H22ClNO2. The van der Waals surface area contributed by atoms with E-state index in [-0.39, 0.29) is 5.54 Å². The zero-order chi connectivity index (χ0) is 14.0. The van der Waals surface area contributed by atoms with E-state index in [0.29, 0.717) is 16.5 Å². The molecule has 0 atom stereocenters. The number of aryl methyl sites for hydroxylation is 1. The first-order chi connectivity index (χ1) is 9.03. The molecule has 1 aromatic carbocycles. The van der Waals surface area contributed by atoms with E-state index in [0.717, 1.165) is 36.8 Å². The van der Waals surface area contributed by atoms with Crippen LogP contribution in [-0.4, -0.2) is 14.2 Å². The molecule has 0 unspecified atom stereocenters. The van der Waals surface area contributed by atoms with Crippen molar-refractivity contribution < 1.29 is 9.47 Å². The largest absolute Gasteiger partial charge is 0.493 e. The van der Waals surface area contributed by atoms with Crippen molar-refractivity contribution in [1.29, 1.82) is 0 Å². The van der Waals surface area contributed by atoms with Crippen LogP contribution in [0.1, 0.15) is 43.2 Å². The van der Waals surface area contributed by atoms with Crippen molar-refractivity contribution in [2.75, 3.05) is 14.2 Å². The molecule has 4 heteroatoms. The molecule has 0 amide bonds. The van der Waals surface area contributed by atoms with Crippen LogP contribution in [0.25, 0.3) is 0 Å². The van der Waals surface area contributed by atoms with Crippen LogP contribution in [0.3, 0.4) is 0 Å². The standard InChI is InChI=1S/C15H22ClNO2/c1-10-9-11(18-2)14(19-3)13(16)12(10)15(17)7-5-4-6-8-15/h9H,4-8,17H2,1-3H3. The molecule has 0 heterocycles. The Balaban J connectivity index is 2.56. The van der Waals surface area contributed by atoms with Gasteiger partial charge in [0.25, 0.3) is 0 Å². The van der Waals surface area contributed by atoms with E-state index in [4.69, 9.17) is 26.8 Å². The average molecular weight is 284 g/mol. The zero-order valence-electron chi connectivity index (χ0n) is 11.9. The summed E-state index contributed by atoms with van der Waals surface area (Å²) >= 11 is 6.54. The highest BCUT2D eigenvalue weighted by Crippen LogP contribution is 2.46. The molecule has 1 aliphatic rings. The van der Waals surface area contributed by atoms with Gasteiger partial charge in [-0.1, -0.05) is 30.9 Å². The molecule has 1 fully saturated rings. The van der Waals surface area contributed by atoms with Gasteiger partial charge in [-0.3, -0.25) is 0 Å². The summed E-state index contributed by atoms with van der Waals surface area (Å²) in [6.45, 7) is 2.03. The van der Waals surface area contributed by atoms with E-state index in [1.807, 2.05) is 13.0 Å². The van der Waals surface area contributed by atoms with Gasteiger partial charge in [0.15, 0.2) is 11.5 Å². The Kier molecular flexibility index (Phi) is 4.26. The van der Waals surface area contributed by atoms with Crippen LogP contribution in [0.5, 0.6) is 11.5 Å². The number of hydrogen-bond acceptors (Lipinski definition) is 3. The van der Waals surface area contributed by atoms with Crippen LogP contribution < -0.4 is 15.2 Å². The zero-order valence-corrected chi connectivity index (χ0v) is 12.6. The van der Waals surface area contributed by atoms with Gasteiger partial charge >= 0.3 is 0 Å². The van der Waals surface area contributed by atoms with Crippen LogP contribution in [-0.2, 0) is 5.54 Å². The van der Waals surface area contributed by atoms with Crippen molar-refractivity contribution in [1.82, 2.24) is 0 Å². The first-order valence-corrected chi connectivity index (χ1v) is 7.11. The summed E-state index contributed by atoms with van der Waals surface area (Å²) in [7, 11) is 3.22. The average Bonchev–Trinajstić information content (AvgIpc) is 2.38. The SMILES string of the molecule is COc1cc(C)c(C2(N)CCCCC2)c(Cl)c1OC. The van der Waals surface area contributed by atoms with Gasteiger partial charge in [-0.15, -0.1) is 0 Å².